The van der Waals surface area contributed by atoms with E-state index in [1.807, 2.05) is 0 Å². The van der Waals surface area contributed by atoms with E-state index in [0.29, 0.717) is 10.9 Å². The summed E-state index contributed by atoms with van der Waals surface area (Å²) in [5, 5.41) is 0. The fourth-order valence-corrected chi connectivity index (χ4v) is 6.80. The van der Waals surface area contributed by atoms with Gasteiger partial charge >= 0.3 is 90.2 Å². The molecular weight excluding hydrogens is 241 g/mol. The van der Waals surface area contributed by atoms with Crippen LogP contribution in [-0.4, -0.2) is 34.6 Å². The van der Waals surface area contributed by atoms with Crippen molar-refractivity contribution >= 4 is 14.3 Å². The first-order chi connectivity index (χ1) is 6.64. The van der Waals surface area contributed by atoms with Crippen LogP contribution in [0.5, 0.6) is 0 Å². The average Bonchev–Trinajstić information content (AvgIpc) is 2.66. The molecule has 0 amide bonds. The maximum absolute atomic E-state index is 6.10. The van der Waals surface area contributed by atoms with Gasteiger partial charge in [0.15, 0.2) is 0 Å². The van der Waals surface area contributed by atoms with Crippen LogP contribution in [0.3, 0.4) is 0 Å². The molecule has 14 heavy (non-hydrogen) atoms. The van der Waals surface area contributed by atoms with E-state index in [1.165, 1.54) is 25.7 Å². The van der Waals surface area contributed by atoms with Crippen molar-refractivity contribution in [1.29, 1.82) is 0 Å². The van der Waals surface area contributed by atoms with Gasteiger partial charge in [0, 0.05) is 0 Å². The van der Waals surface area contributed by atoms with E-state index in [9.17, 15) is 0 Å². The van der Waals surface area contributed by atoms with Crippen molar-refractivity contribution in [3.63, 3.8) is 0 Å². The standard InChI is InChI=1S/C10H22GeO3/c1-9(2)11(12-3,13-4)14-10-7-5-6-8-10/h9-10H,5-8H2,1-4H3. The Morgan fingerprint density at radius 1 is 1.07 bits per heavy atom. The van der Waals surface area contributed by atoms with Gasteiger partial charge in [-0.05, 0) is 0 Å². The van der Waals surface area contributed by atoms with Crippen molar-refractivity contribution in [2.75, 3.05) is 14.2 Å². The van der Waals surface area contributed by atoms with E-state index in [1.54, 1.807) is 14.2 Å². The summed E-state index contributed by atoms with van der Waals surface area (Å²) >= 11 is -2.92. The first-order valence-corrected chi connectivity index (χ1v) is 9.21. The van der Waals surface area contributed by atoms with Crippen molar-refractivity contribution in [3.05, 3.63) is 0 Å². The van der Waals surface area contributed by atoms with Crippen LogP contribution in [-0.2, 0) is 11.3 Å². The Kier molecular flexibility index (Phi) is 4.90. The summed E-state index contributed by atoms with van der Waals surface area (Å²) in [6.07, 6.45) is 5.30. The molecule has 1 rings (SSSR count). The summed E-state index contributed by atoms with van der Waals surface area (Å²) < 4.78 is 17.6. The Hall–Kier alpha value is 0.423. The fraction of sp³-hybridized carbons (Fsp3) is 1.00. The van der Waals surface area contributed by atoms with Gasteiger partial charge in [-0.3, -0.25) is 0 Å². The maximum atomic E-state index is 6.10. The number of rotatable bonds is 5. The molecule has 0 saturated heterocycles. The zero-order chi connectivity index (χ0) is 10.6. The molecule has 84 valence electrons. The molecule has 0 bridgehead atoms. The zero-order valence-corrected chi connectivity index (χ0v) is 11.8. The van der Waals surface area contributed by atoms with Crippen LogP contribution in [0.15, 0.2) is 0 Å². The van der Waals surface area contributed by atoms with Crippen LogP contribution in [0.1, 0.15) is 39.5 Å². The van der Waals surface area contributed by atoms with Gasteiger partial charge in [0.1, 0.15) is 0 Å². The van der Waals surface area contributed by atoms with Gasteiger partial charge in [-0.1, -0.05) is 0 Å². The first-order valence-electron chi connectivity index (χ1n) is 5.42. The summed E-state index contributed by atoms with van der Waals surface area (Å²) in [5.41, 5.74) is 0. The summed E-state index contributed by atoms with van der Waals surface area (Å²) in [7, 11) is 3.44. The Balaban J connectivity index is 2.57. The molecule has 1 fully saturated rings. The third-order valence-corrected chi connectivity index (χ3v) is 9.65. The molecule has 0 aromatic heterocycles. The van der Waals surface area contributed by atoms with E-state index < -0.39 is 14.3 Å². The summed E-state index contributed by atoms with van der Waals surface area (Å²) in [6.45, 7) is 4.25. The second-order valence-electron chi connectivity index (χ2n) is 4.19. The SMILES string of the molecule is C[O][Ge]([O]C)([O]C1CCCC1)[CH](C)C. The van der Waals surface area contributed by atoms with Crippen LogP contribution in [0.25, 0.3) is 0 Å². The molecule has 3 nitrogen and oxygen atoms in total. The minimum absolute atomic E-state index is 0.380. The molecule has 4 heteroatoms. The van der Waals surface area contributed by atoms with Gasteiger partial charge in [0.2, 0.25) is 0 Å². The molecule has 0 atom stereocenters. The van der Waals surface area contributed by atoms with Crippen molar-refractivity contribution < 1.29 is 11.3 Å². The Bertz CT molecular complexity index is 163. The van der Waals surface area contributed by atoms with Crippen LogP contribution in [0.4, 0.5) is 0 Å². The average molecular weight is 263 g/mol. The van der Waals surface area contributed by atoms with E-state index in [4.69, 9.17) is 11.3 Å². The Morgan fingerprint density at radius 3 is 1.93 bits per heavy atom. The van der Waals surface area contributed by atoms with E-state index >= 15 is 0 Å². The van der Waals surface area contributed by atoms with Crippen LogP contribution >= 0.6 is 0 Å². The first kappa shape index (κ1) is 12.5. The monoisotopic (exact) mass is 264 g/mol. The quantitative estimate of drug-likeness (QED) is 0.713. The molecule has 1 aliphatic rings. The molecule has 0 radical (unpaired) electrons. The molecule has 1 aliphatic carbocycles. The minimum atomic E-state index is -2.92. The third kappa shape index (κ3) is 2.72. The fourth-order valence-electron chi connectivity index (χ4n) is 2.03. The van der Waals surface area contributed by atoms with Gasteiger partial charge in [0.05, 0.1) is 0 Å². The number of hydrogen-bond acceptors (Lipinski definition) is 3. The van der Waals surface area contributed by atoms with E-state index in [0.717, 1.165) is 0 Å². The summed E-state index contributed by atoms with van der Waals surface area (Å²) in [4.78, 5) is 0. The summed E-state index contributed by atoms with van der Waals surface area (Å²) in [6, 6.07) is 0. The predicted molar refractivity (Wildman–Crippen MR) is 58.2 cm³/mol. The van der Waals surface area contributed by atoms with Gasteiger partial charge in [-0.25, -0.2) is 0 Å². The Labute approximate surface area is 90.5 Å². The number of hydrogen-bond donors (Lipinski definition) is 0. The van der Waals surface area contributed by atoms with Crippen LogP contribution in [0.2, 0.25) is 4.75 Å². The molecule has 0 aromatic rings. The van der Waals surface area contributed by atoms with Gasteiger partial charge < -0.3 is 0 Å². The Morgan fingerprint density at radius 2 is 1.57 bits per heavy atom. The molecular formula is C10H22GeO3. The summed E-state index contributed by atoms with van der Waals surface area (Å²) in [5.74, 6) is 0. The third-order valence-electron chi connectivity index (χ3n) is 2.91. The zero-order valence-electron chi connectivity index (χ0n) is 9.71. The van der Waals surface area contributed by atoms with E-state index in [2.05, 4.69) is 13.8 Å². The molecule has 0 aliphatic heterocycles. The molecule has 0 aromatic carbocycles. The van der Waals surface area contributed by atoms with Crippen molar-refractivity contribution in [2.45, 2.75) is 50.4 Å². The van der Waals surface area contributed by atoms with Crippen molar-refractivity contribution in [3.8, 4) is 0 Å². The molecule has 0 unspecified atom stereocenters. The van der Waals surface area contributed by atoms with Crippen LogP contribution < -0.4 is 0 Å². The second-order valence-corrected chi connectivity index (χ2v) is 11.4. The molecule has 0 heterocycles. The van der Waals surface area contributed by atoms with Gasteiger partial charge in [-0.15, -0.1) is 0 Å². The normalized spacial score (nSPS) is 19.5. The van der Waals surface area contributed by atoms with Crippen LogP contribution in [0, 0.1) is 0 Å². The molecule has 1 saturated carbocycles. The predicted octanol–water partition coefficient (Wildman–Crippen LogP) is 2.59. The second kappa shape index (κ2) is 5.49. The topological polar surface area (TPSA) is 27.7 Å². The van der Waals surface area contributed by atoms with E-state index in [-0.39, 0.29) is 0 Å². The van der Waals surface area contributed by atoms with Crippen molar-refractivity contribution in [2.24, 2.45) is 0 Å². The van der Waals surface area contributed by atoms with Gasteiger partial charge in [0.25, 0.3) is 0 Å². The van der Waals surface area contributed by atoms with Crippen molar-refractivity contribution in [1.82, 2.24) is 0 Å². The molecule has 0 N–H and O–H groups in total. The molecule has 0 spiro atoms. The van der Waals surface area contributed by atoms with Gasteiger partial charge in [-0.2, -0.15) is 0 Å².